The van der Waals surface area contributed by atoms with E-state index in [0.717, 1.165) is 10.1 Å². The molecular weight excluding hydrogens is 358 g/mol. The number of anilines is 1. The Morgan fingerprint density at radius 2 is 1.92 bits per heavy atom. The van der Waals surface area contributed by atoms with Crippen LogP contribution in [0.4, 0.5) is 5.95 Å². The molecule has 0 amide bonds. The number of imidazole rings is 1. The molecule has 0 unspecified atom stereocenters. The number of rotatable bonds is 5. The molecule has 9 heteroatoms. The van der Waals surface area contributed by atoms with E-state index in [0.29, 0.717) is 23.0 Å². The monoisotopic (exact) mass is 377 g/mol. The zero-order valence-corrected chi connectivity index (χ0v) is 15.5. The summed E-state index contributed by atoms with van der Waals surface area (Å²) in [5.41, 5.74) is 0.491. The second kappa shape index (κ2) is 6.97. The number of nitrogens with zero attached hydrogens (tertiary/aromatic N) is 4. The van der Waals surface area contributed by atoms with Crippen molar-refractivity contribution in [2.45, 2.75) is 19.6 Å². The number of halogens is 1. The van der Waals surface area contributed by atoms with Crippen LogP contribution in [0.3, 0.4) is 0 Å². The average Bonchev–Trinajstić information content (AvgIpc) is 2.97. The van der Waals surface area contributed by atoms with Gasteiger partial charge in [-0.15, -0.1) is 0 Å². The summed E-state index contributed by atoms with van der Waals surface area (Å²) in [6.07, 6.45) is -0.602. The lowest BCUT2D eigenvalue weighted by Crippen LogP contribution is -2.37. The molecule has 0 aliphatic heterocycles. The van der Waals surface area contributed by atoms with Gasteiger partial charge in [0, 0.05) is 25.7 Å². The lowest BCUT2D eigenvalue weighted by Gasteiger charge is -2.12. The molecule has 138 valence electrons. The quantitative estimate of drug-likeness (QED) is 0.689. The smallest absolute Gasteiger partial charge is 0.332 e. The normalized spacial score (nSPS) is 12.5. The second-order valence-electron chi connectivity index (χ2n) is 6.22. The summed E-state index contributed by atoms with van der Waals surface area (Å²) in [4.78, 5) is 29.3. The fourth-order valence-electron chi connectivity index (χ4n) is 2.77. The van der Waals surface area contributed by atoms with E-state index in [-0.39, 0.29) is 12.2 Å². The largest absolute Gasteiger partial charge is 0.392 e. The van der Waals surface area contributed by atoms with E-state index in [1.54, 1.807) is 24.6 Å². The van der Waals surface area contributed by atoms with Crippen LogP contribution in [0.25, 0.3) is 11.2 Å². The van der Waals surface area contributed by atoms with E-state index >= 15 is 0 Å². The summed E-state index contributed by atoms with van der Waals surface area (Å²) in [7, 11) is 3.00. The third-order valence-electron chi connectivity index (χ3n) is 4.19. The molecule has 0 spiro atoms. The van der Waals surface area contributed by atoms with Crippen molar-refractivity contribution in [1.82, 2.24) is 18.7 Å². The van der Waals surface area contributed by atoms with Crippen LogP contribution in [-0.2, 0) is 20.6 Å². The highest BCUT2D eigenvalue weighted by atomic mass is 35.5. The molecule has 2 N–H and O–H groups in total. The number of aliphatic hydroxyl groups is 1. The van der Waals surface area contributed by atoms with Crippen LogP contribution in [0.15, 0.2) is 33.9 Å². The minimum Gasteiger partial charge on any atom is -0.392 e. The van der Waals surface area contributed by atoms with Gasteiger partial charge in [-0.05, 0) is 18.6 Å². The highest BCUT2D eigenvalue weighted by Crippen LogP contribution is 2.22. The van der Waals surface area contributed by atoms with Crippen LogP contribution in [0.1, 0.15) is 12.5 Å². The second-order valence-corrected chi connectivity index (χ2v) is 6.63. The molecule has 2 aromatic heterocycles. The molecule has 0 radical (unpaired) electrons. The van der Waals surface area contributed by atoms with Crippen LogP contribution in [0, 0.1) is 0 Å². The maximum Gasteiger partial charge on any atom is 0.332 e. The van der Waals surface area contributed by atoms with Crippen molar-refractivity contribution in [1.29, 1.82) is 0 Å². The Morgan fingerprint density at radius 3 is 2.58 bits per heavy atom. The predicted molar refractivity (Wildman–Crippen MR) is 101 cm³/mol. The molecule has 8 nitrogen and oxygen atoms in total. The number of nitrogens with one attached hydrogen (secondary N) is 1. The third-order valence-corrected chi connectivity index (χ3v) is 4.56. The van der Waals surface area contributed by atoms with E-state index in [1.165, 1.54) is 11.6 Å². The molecule has 0 saturated carbocycles. The Morgan fingerprint density at radius 1 is 1.23 bits per heavy atom. The average molecular weight is 378 g/mol. The third kappa shape index (κ3) is 3.13. The number of aryl methyl sites for hydroxylation is 1. The number of benzene rings is 1. The first-order valence-electron chi connectivity index (χ1n) is 8.12. The summed E-state index contributed by atoms with van der Waals surface area (Å²) >= 11 is 6.27. The van der Waals surface area contributed by atoms with E-state index in [9.17, 15) is 14.7 Å². The number of hydrogen-bond donors (Lipinski definition) is 2. The first-order chi connectivity index (χ1) is 12.3. The molecule has 0 aliphatic carbocycles. The Balaban J connectivity index is 2.26. The summed E-state index contributed by atoms with van der Waals surface area (Å²) in [5.74, 6) is 0.388. The van der Waals surface area contributed by atoms with Gasteiger partial charge in [0.25, 0.3) is 5.56 Å². The standard InChI is InChI=1S/C17H20ClN5O3/c1-10(24)8-19-16-20-14-13(15(25)22(3)17(26)21(14)2)23(16)9-11-6-4-5-7-12(11)18/h4-7,10,24H,8-9H2,1-3H3,(H,19,20)/t10-/m0/s1. The fourth-order valence-corrected chi connectivity index (χ4v) is 2.97. The highest BCUT2D eigenvalue weighted by molar-refractivity contribution is 6.31. The van der Waals surface area contributed by atoms with Gasteiger partial charge < -0.3 is 10.4 Å². The van der Waals surface area contributed by atoms with E-state index in [1.807, 2.05) is 18.2 Å². The maximum absolute atomic E-state index is 12.7. The topological polar surface area (TPSA) is 94.1 Å². The summed E-state index contributed by atoms with van der Waals surface area (Å²) in [5, 5.41) is 13.2. The van der Waals surface area contributed by atoms with Gasteiger partial charge >= 0.3 is 5.69 Å². The van der Waals surface area contributed by atoms with Crippen molar-refractivity contribution in [3.63, 3.8) is 0 Å². The highest BCUT2D eigenvalue weighted by Gasteiger charge is 2.20. The van der Waals surface area contributed by atoms with E-state index in [4.69, 9.17) is 11.6 Å². The lowest BCUT2D eigenvalue weighted by molar-refractivity contribution is 0.208. The van der Waals surface area contributed by atoms with E-state index in [2.05, 4.69) is 10.3 Å². The molecule has 0 aliphatic rings. The predicted octanol–water partition coefficient (Wildman–Crippen LogP) is 0.928. The van der Waals surface area contributed by atoms with Gasteiger partial charge in [-0.25, -0.2) is 4.79 Å². The zero-order chi connectivity index (χ0) is 19.0. The minimum atomic E-state index is -0.602. The lowest BCUT2D eigenvalue weighted by atomic mass is 10.2. The van der Waals surface area contributed by atoms with Crippen molar-refractivity contribution in [2.75, 3.05) is 11.9 Å². The van der Waals surface area contributed by atoms with Gasteiger partial charge in [0.1, 0.15) is 0 Å². The number of fused-ring (bicyclic) bond motifs is 1. The molecule has 0 saturated heterocycles. The molecular formula is C17H20ClN5O3. The van der Waals surface area contributed by atoms with Crippen LogP contribution in [-0.4, -0.2) is 36.4 Å². The number of aliphatic hydroxyl groups excluding tert-OH is 1. The summed E-state index contributed by atoms with van der Waals surface area (Å²) in [6, 6.07) is 7.32. The summed E-state index contributed by atoms with van der Waals surface area (Å²) in [6.45, 7) is 2.19. The Hall–Kier alpha value is -2.58. The number of aromatic nitrogens is 4. The molecule has 3 aromatic rings. The van der Waals surface area contributed by atoms with Gasteiger partial charge in [0.05, 0.1) is 12.6 Å². The molecule has 3 rings (SSSR count). The maximum atomic E-state index is 12.7. The van der Waals surface area contributed by atoms with Crippen molar-refractivity contribution in [3.05, 3.63) is 55.7 Å². The molecule has 26 heavy (non-hydrogen) atoms. The first kappa shape index (κ1) is 18.2. The van der Waals surface area contributed by atoms with Gasteiger partial charge in [0.15, 0.2) is 11.2 Å². The van der Waals surface area contributed by atoms with Gasteiger partial charge in [-0.1, -0.05) is 29.8 Å². The molecule has 1 atom stereocenters. The van der Waals surface area contributed by atoms with Gasteiger partial charge in [-0.2, -0.15) is 4.98 Å². The molecule has 0 bridgehead atoms. The van der Waals surface area contributed by atoms with Gasteiger partial charge in [-0.3, -0.25) is 18.5 Å². The van der Waals surface area contributed by atoms with Crippen LogP contribution in [0.5, 0.6) is 0 Å². The van der Waals surface area contributed by atoms with Crippen LogP contribution >= 0.6 is 11.6 Å². The Bertz CT molecular complexity index is 1080. The fraction of sp³-hybridized carbons (Fsp3) is 0.353. The Labute approximate surface area is 154 Å². The van der Waals surface area contributed by atoms with Crippen molar-refractivity contribution < 1.29 is 5.11 Å². The van der Waals surface area contributed by atoms with Crippen LogP contribution < -0.4 is 16.6 Å². The summed E-state index contributed by atoms with van der Waals surface area (Å²) < 4.78 is 4.06. The zero-order valence-electron chi connectivity index (χ0n) is 14.7. The molecule has 1 aromatic carbocycles. The minimum absolute atomic E-state index is 0.250. The van der Waals surface area contributed by atoms with E-state index < -0.39 is 17.4 Å². The SMILES string of the molecule is C[C@H](O)CNc1nc2c(c(=O)n(C)c(=O)n2C)n1Cc1ccccc1Cl. The van der Waals surface area contributed by atoms with Crippen molar-refractivity contribution in [3.8, 4) is 0 Å². The first-order valence-corrected chi connectivity index (χ1v) is 8.50. The van der Waals surface area contributed by atoms with Crippen molar-refractivity contribution in [2.24, 2.45) is 14.1 Å². The Kier molecular flexibility index (Phi) is 4.88. The van der Waals surface area contributed by atoms with Crippen LogP contribution in [0.2, 0.25) is 5.02 Å². The molecule has 0 fully saturated rings. The van der Waals surface area contributed by atoms with Gasteiger partial charge in [0.2, 0.25) is 5.95 Å². The molecule has 2 heterocycles. The number of hydrogen-bond acceptors (Lipinski definition) is 5. The van der Waals surface area contributed by atoms with Crippen molar-refractivity contribution >= 4 is 28.7 Å².